The Hall–Kier alpha value is -3.89. The number of nitriles is 1. The average molecular weight is 455 g/mol. The zero-order valence-electron chi connectivity index (χ0n) is 18.3. The summed E-state index contributed by atoms with van der Waals surface area (Å²) >= 11 is 1.22. The predicted octanol–water partition coefficient (Wildman–Crippen LogP) is 4.79. The number of fused-ring (bicyclic) bond motifs is 1. The van der Waals surface area contributed by atoms with E-state index in [-0.39, 0.29) is 23.3 Å². The first-order valence-corrected chi connectivity index (χ1v) is 11.5. The third-order valence-corrected chi connectivity index (χ3v) is 6.07. The van der Waals surface area contributed by atoms with Gasteiger partial charge in [-0.2, -0.15) is 5.26 Å². The highest BCUT2D eigenvalue weighted by Gasteiger charge is 2.21. The van der Waals surface area contributed by atoms with Crippen molar-refractivity contribution in [2.24, 2.45) is 0 Å². The predicted molar refractivity (Wildman–Crippen MR) is 132 cm³/mol. The minimum atomic E-state index is -0.218. The Morgan fingerprint density at radius 3 is 2.36 bits per heavy atom. The van der Waals surface area contributed by atoms with E-state index in [0.717, 1.165) is 5.69 Å². The molecule has 4 rings (SSSR count). The molecule has 0 spiro atoms. The topological polar surface area (TPSA) is 79.0 Å². The van der Waals surface area contributed by atoms with Gasteiger partial charge in [0, 0.05) is 11.7 Å². The first-order chi connectivity index (χ1) is 16.0. The molecule has 0 atom stereocenters. The quantitative estimate of drug-likeness (QED) is 0.309. The summed E-state index contributed by atoms with van der Waals surface area (Å²) in [6.07, 6.45) is 0. The Morgan fingerprint density at radius 2 is 1.70 bits per heavy atom. The van der Waals surface area contributed by atoms with Crippen molar-refractivity contribution in [2.45, 2.75) is 25.0 Å². The number of aromatic nitrogens is 2. The van der Waals surface area contributed by atoms with Gasteiger partial charge in [0.05, 0.1) is 34.0 Å². The Morgan fingerprint density at radius 1 is 1.03 bits per heavy atom. The van der Waals surface area contributed by atoms with Crippen LogP contribution in [0.2, 0.25) is 0 Å². The van der Waals surface area contributed by atoms with Crippen LogP contribution in [0.25, 0.3) is 16.6 Å². The van der Waals surface area contributed by atoms with Crippen molar-refractivity contribution in [3.63, 3.8) is 0 Å². The normalized spacial score (nSPS) is 10.8. The minimum Gasteiger partial charge on any atom is -0.309 e. The fourth-order valence-corrected chi connectivity index (χ4v) is 4.51. The van der Waals surface area contributed by atoms with Crippen LogP contribution in [-0.2, 0) is 4.79 Å². The van der Waals surface area contributed by atoms with E-state index in [1.54, 1.807) is 47.4 Å². The maximum absolute atomic E-state index is 13.4. The molecular formula is C26H22N4O2S. The van der Waals surface area contributed by atoms with Crippen molar-refractivity contribution in [3.8, 4) is 11.8 Å². The van der Waals surface area contributed by atoms with Gasteiger partial charge in [-0.05, 0) is 62.4 Å². The van der Waals surface area contributed by atoms with Gasteiger partial charge in [-0.25, -0.2) is 4.98 Å². The van der Waals surface area contributed by atoms with Crippen molar-refractivity contribution in [1.29, 1.82) is 5.26 Å². The Labute approximate surface area is 196 Å². The molecule has 6 nitrogen and oxygen atoms in total. The van der Waals surface area contributed by atoms with Crippen LogP contribution >= 0.6 is 11.8 Å². The number of nitrogens with zero attached hydrogens (tertiary/aromatic N) is 4. The lowest BCUT2D eigenvalue weighted by Gasteiger charge is -2.27. The van der Waals surface area contributed by atoms with Crippen molar-refractivity contribution in [1.82, 2.24) is 9.55 Å². The van der Waals surface area contributed by atoms with Crippen molar-refractivity contribution >= 4 is 34.3 Å². The van der Waals surface area contributed by atoms with Crippen LogP contribution in [0.1, 0.15) is 19.4 Å². The summed E-state index contributed by atoms with van der Waals surface area (Å²) in [5, 5.41) is 10.0. The smallest absolute Gasteiger partial charge is 0.266 e. The molecule has 0 aliphatic rings. The monoisotopic (exact) mass is 454 g/mol. The van der Waals surface area contributed by atoms with Crippen LogP contribution in [-0.4, -0.2) is 27.3 Å². The summed E-state index contributed by atoms with van der Waals surface area (Å²) in [6.45, 7) is 3.94. The van der Waals surface area contributed by atoms with E-state index in [0.29, 0.717) is 27.3 Å². The van der Waals surface area contributed by atoms with Crippen molar-refractivity contribution in [3.05, 3.63) is 94.8 Å². The number of hydrogen-bond acceptors (Lipinski definition) is 5. The first-order valence-electron chi connectivity index (χ1n) is 10.5. The van der Waals surface area contributed by atoms with Gasteiger partial charge in [0.2, 0.25) is 5.91 Å². The third-order valence-electron chi connectivity index (χ3n) is 5.14. The molecule has 1 aromatic heterocycles. The molecule has 0 aliphatic carbocycles. The Bertz CT molecular complexity index is 1390. The molecule has 33 heavy (non-hydrogen) atoms. The lowest BCUT2D eigenvalue weighted by molar-refractivity contribution is -0.116. The number of amides is 1. The van der Waals surface area contributed by atoms with Gasteiger partial charge in [-0.1, -0.05) is 42.1 Å². The van der Waals surface area contributed by atoms with E-state index in [1.807, 2.05) is 50.2 Å². The number of benzene rings is 3. The van der Waals surface area contributed by atoms with E-state index in [2.05, 4.69) is 6.07 Å². The number of rotatable bonds is 6. The first kappa shape index (κ1) is 22.3. The second kappa shape index (κ2) is 9.72. The SMILES string of the molecule is CC(C)N(C(=O)CSc1nc2ccccc2c(=O)n1-c1ccc(C#N)cc1)c1ccccc1. The van der Waals surface area contributed by atoms with Gasteiger partial charge < -0.3 is 4.90 Å². The van der Waals surface area contributed by atoms with Gasteiger partial charge >= 0.3 is 0 Å². The van der Waals surface area contributed by atoms with E-state index in [9.17, 15) is 9.59 Å². The maximum Gasteiger partial charge on any atom is 0.266 e. The van der Waals surface area contributed by atoms with Crippen LogP contribution < -0.4 is 10.5 Å². The van der Waals surface area contributed by atoms with E-state index in [4.69, 9.17) is 10.2 Å². The van der Waals surface area contributed by atoms with Crippen molar-refractivity contribution < 1.29 is 4.79 Å². The standard InChI is InChI=1S/C26H22N4O2S/c1-18(2)29(20-8-4-3-5-9-20)24(31)17-33-26-28-23-11-7-6-10-22(23)25(32)30(26)21-14-12-19(16-27)13-15-21/h3-15,18H,17H2,1-2H3. The molecule has 0 saturated carbocycles. The summed E-state index contributed by atoms with van der Waals surface area (Å²) in [5.74, 6) is 0.0451. The highest BCUT2D eigenvalue weighted by molar-refractivity contribution is 7.99. The summed E-state index contributed by atoms with van der Waals surface area (Å²) in [5.41, 5.74) is 2.28. The molecular weight excluding hydrogens is 432 g/mol. The molecule has 0 bridgehead atoms. The third kappa shape index (κ3) is 4.66. The average Bonchev–Trinajstić information content (AvgIpc) is 2.83. The molecule has 0 fully saturated rings. The largest absolute Gasteiger partial charge is 0.309 e. The molecule has 1 heterocycles. The zero-order valence-corrected chi connectivity index (χ0v) is 19.1. The second-order valence-electron chi connectivity index (χ2n) is 7.69. The van der Waals surface area contributed by atoms with Crippen LogP contribution in [0.3, 0.4) is 0 Å². The van der Waals surface area contributed by atoms with E-state index >= 15 is 0 Å². The van der Waals surface area contributed by atoms with Crippen LogP contribution in [0.5, 0.6) is 0 Å². The fraction of sp³-hybridized carbons (Fsp3) is 0.154. The van der Waals surface area contributed by atoms with Gasteiger partial charge in [-0.3, -0.25) is 14.2 Å². The molecule has 7 heteroatoms. The number of carbonyl (C=O) groups is 1. The van der Waals surface area contributed by atoms with Crippen molar-refractivity contribution in [2.75, 3.05) is 10.7 Å². The molecule has 0 saturated heterocycles. The van der Waals surface area contributed by atoms with Gasteiger partial charge in [-0.15, -0.1) is 0 Å². The summed E-state index contributed by atoms with van der Waals surface area (Å²) in [4.78, 5) is 33.0. The minimum absolute atomic E-state index is 0.0224. The number of hydrogen-bond donors (Lipinski definition) is 0. The molecule has 4 aromatic rings. The van der Waals surface area contributed by atoms with Gasteiger partial charge in [0.1, 0.15) is 0 Å². The molecule has 1 amide bonds. The number of anilines is 1. The van der Waals surface area contributed by atoms with Gasteiger partial charge in [0.15, 0.2) is 5.16 Å². The second-order valence-corrected chi connectivity index (χ2v) is 8.63. The molecule has 0 unspecified atom stereocenters. The Kier molecular flexibility index (Phi) is 6.57. The highest BCUT2D eigenvalue weighted by Crippen LogP contribution is 2.24. The molecule has 0 N–H and O–H groups in total. The molecule has 164 valence electrons. The van der Waals surface area contributed by atoms with Crippen LogP contribution in [0.15, 0.2) is 88.8 Å². The fourth-order valence-electron chi connectivity index (χ4n) is 3.64. The highest BCUT2D eigenvalue weighted by atomic mass is 32.2. The zero-order chi connectivity index (χ0) is 23.4. The lowest BCUT2D eigenvalue weighted by Crippen LogP contribution is -2.38. The number of para-hydroxylation sites is 2. The van der Waals surface area contributed by atoms with Crippen LogP contribution in [0.4, 0.5) is 5.69 Å². The molecule has 3 aromatic carbocycles. The van der Waals surface area contributed by atoms with Crippen LogP contribution in [0, 0.1) is 11.3 Å². The summed E-state index contributed by atoms with van der Waals surface area (Å²) in [6, 6.07) is 25.5. The van der Waals surface area contributed by atoms with E-state index in [1.165, 1.54) is 16.3 Å². The lowest BCUT2D eigenvalue weighted by atomic mass is 10.2. The number of carbonyl (C=O) groups excluding carboxylic acids is 1. The maximum atomic E-state index is 13.4. The molecule has 0 radical (unpaired) electrons. The summed E-state index contributed by atoms with van der Waals surface area (Å²) < 4.78 is 1.50. The molecule has 0 aliphatic heterocycles. The number of thioether (sulfide) groups is 1. The van der Waals surface area contributed by atoms with Gasteiger partial charge in [0.25, 0.3) is 5.56 Å². The Balaban J connectivity index is 1.73. The van der Waals surface area contributed by atoms with E-state index < -0.39 is 0 Å². The summed E-state index contributed by atoms with van der Waals surface area (Å²) in [7, 11) is 0.